The molecule has 6 rings (SSSR count). The van der Waals surface area contributed by atoms with Crippen LogP contribution in [0.25, 0.3) is 16.6 Å². The van der Waals surface area contributed by atoms with Crippen molar-refractivity contribution in [2.24, 2.45) is 13.0 Å². The Balaban J connectivity index is 1.31. The van der Waals surface area contributed by atoms with Gasteiger partial charge in [-0.15, -0.1) is 0 Å². The van der Waals surface area contributed by atoms with Crippen molar-refractivity contribution >= 4 is 22.9 Å². The average molecular weight is 420 g/mol. The topological polar surface area (TPSA) is 38.9 Å². The van der Waals surface area contributed by atoms with E-state index in [2.05, 4.69) is 39.8 Å². The molecule has 5 nitrogen and oxygen atoms in total. The molecular formula is C23H22FN5S. The van der Waals surface area contributed by atoms with Crippen molar-refractivity contribution < 1.29 is 4.39 Å². The quantitative estimate of drug-likeness (QED) is 0.457. The number of nitrogens with zero attached hydrogens (tertiary/aromatic N) is 5. The van der Waals surface area contributed by atoms with E-state index in [9.17, 15) is 4.39 Å². The van der Waals surface area contributed by atoms with Gasteiger partial charge in [-0.1, -0.05) is 0 Å². The van der Waals surface area contributed by atoms with E-state index >= 15 is 0 Å². The number of aromatic nitrogens is 4. The van der Waals surface area contributed by atoms with Gasteiger partial charge in [-0.25, -0.2) is 13.4 Å². The Hall–Kier alpha value is -2.64. The van der Waals surface area contributed by atoms with Crippen molar-refractivity contribution in [2.45, 2.75) is 23.7 Å². The standard InChI is InChI=1S/C23H22FN5S/c1-15-7-22-16(10-26-29(22)19-5-3-18(24)4-6-19)8-21(15)23-9-17(23)12-28(14-23)30-20-11-25-27(2)13-20/h3-8,10-11,13,17H,9,12,14H2,1-2H3. The molecule has 0 bridgehead atoms. The lowest BCUT2D eigenvalue weighted by Gasteiger charge is -2.21. The Morgan fingerprint density at radius 2 is 1.97 bits per heavy atom. The normalized spacial score (nSPS) is 23.2. The summed E-state index contributed by atoms with van der Waals surface area (Å²) in [4.78, 5) is 1.20. The van der Waals surface area contributed by atoms with Gasteiger partial charge in [0, 0.05) is 37.1 Å². The first-order chi connectivity index (χ1) is 14.5. The first kappa shape index (κ1) is 18.2. The number of benzene rings is 2. The van der Waals surface area contributed by atoms with Gasteiger partial charge < -0.3 is 0 Å². The Kier molecular flexibility index (Phi) is 3.89. The Morgan fingerprint density at radius 1 is 1.13 bits per heavy atom. The van der Waals surface area contributed by atoms with Crippen LogP contribution in [0.3, 0.4) is 0 Å². The molecule has 2 atom stereocenters. The fourth-order valence-corrected chi connectivity index (χ4v) is 6.16. The summed E-state index contributed by atoms with van der Waals surface area (Å²) in [6.45, 7) is 4.39. The van der Waals surface area contributed by atoms with Gasteiger partial charge in [0.2, 0.25) is 0 Å². The highest BCUT2D eigenvalue weighted by Crippen LogP contribution is 2.61. The lowest BCUT2D eigenvalue weighted by Crippen LogP contribution is -2.21. The van der Waals surface area contributed by atoms with Gasteiger partial charge in [-0.2, -0.15) is 10.2 Å². The second-order valence-corrected chi connectivity index (χ2v) is 9.75. The van der Waals surface area contributed by atoms with Crippen molar-refractivity contribution in [3.63, 3.8) is 0 Å². The van der Waals surface area contributed by atoms with E-state index in [1.807, 2.05) is 40.8 Å². The Morgan fingerprint density at radius 3 is 2.73 bits per heavy atom. The molecule has 1 aliphatic carbocycles. The summed E-state index contributed by atoms with van der Waals surface area (Å²) in [6, 6.07) is 11.1. The van der Waals surface area contributed by atoms with Crippen LogP contribution in [0.4, 0.5) is 4.39 Å². The third-order valence-corrected chi connectivity index (χ3v) is 7.51. The molecule has 30 heavy (non-hydrogen) atoms. The van der Waals surface area contributed by atoms with Gasteiger partial charge in [0.25, 0.3) is 0 Å². The van der Waals surface area contributed by atoms with Crippen LogP contribution in [0.15, 0.2) is 59.9 Å². The minimum Gasteiger partial charge on any atom is -0.275 e. The van der Waals surface area contributed by atoms with Crippen LogP contribution in [0.1, 0.15) is 17.5 Å². The highest BCUT2D eigenvalue weighted by molar-refractivity contribution is 7.97. The smallest absolute Gasteiger partial charge is 0.123 e. The van der Waals surface area contributed by atoms with Crippen molar-refractivity contribution in [2.75, 3.05) is 13.1 Å². The molecule has 0 amide bonds. The monoisotopic (exact) mass is 419 g/mol. The molecule has 0 N–H and O–H groups in total. The molecule has 1 saturated heterocycles. The molecule has 0 radical (unpaired) electrons. The van der Waals surface area contributed by atoms with Crippen LogP contribution >= 0.6 is 11.9 Å². The molecule has 2 aromatic carbocycles. The number of aryl methyl sites for hydroxylation is 2. The zero-order valence-electron chi connectivity index (χ0n) is 16.9. The van der Waals surface area contributed by atoms with E-state index in [1.165, 1.54) is 34.6 Å². The zero-order chi connectivity index (χ0) is 20.5. The minimum atomic E-state index is -0.234. The fourth-order valence-electron chi connectivity index (χ4n) is 5.02. The average Bonchev–Trinajstić information content (AvgIpc) is 3.05. The fraction of sp³-hybridized carbons (Fsp3) is 0.304. The van der Waals surface area contributed by atoms with E-state index < -0.39 is 0 Å². The van der Waals surface area contributed by atoms with Gasteiger partial charge in [0.05, 0.1) is 28.5 Å². The van der Waals surface area contributed by atoms with E-state index in [0.29, 0.717) is 5.92 Å². The molecule has 1 saturated carbocycles. The predicted octanol–water partition coefficient (Wildman–Crippen LogP) is 4.49. The summed E-state index contributed by atoms with van der Waals surface area (Å²) >= 11 is 1.81. The summed E-state index contributed by atoms with van der Waals surface area (Å²) < 4.78 is 19.5. The second kappa shape index (κ2) is 6.43. The number of piperidine rings is 1. The van der Waals surface area contributed by atoms with Crippen LogP contribution in [-0.4, -0.2) is 37.0 Å². The number of rotatable bonds is 4. The maximum Gasteiger partial charge on any atom is 0.123 e. The van der Waals surface area contributed by atoms with Crippen molar-refractivity contribution in [1.82, 2.24) is 23.9 Å². The maximum absolute atomic E-state index is 13.3. The summed E-state index contributed by atoms with van der Waals surface area (Å²) in [5.74, 6) is 0.479. The van der Waals surface area contributed by atoms with Crippen LogP contribution in [0, 0.1) is 18.7 Å². The van der Waals surface area contributed by atoms with Crippen molar-refractivity contribution in [3.05, 3.63) is 71.9 Å². The molecule has 2 fully saturated rings. The SMILES string of the molecule is Cc1cc2c(cnn2-c2ccc(F)cc2)cc1C12CC1CN(Sc1cnn(C)c1)C2. The summed E-state index contributed by atoms with van der Waals surface area (Å²) in [5, 5.41) is 10.0. The van der Waals surface area contributed by atoms with E-state index in [-0.39, 0.29) is 11.2 Å². The summed E-state index contributed by atoms with van der Waals surface area (Å²) in [6.07, 6.45) is 7.19. The van der Waals surface area contributed by atoms with Gasteiger partial charge in [0.1, 0.15) is 5.82 Å². The van der Waals surface area contributed by atoms with Gasteiger partial charge in [0.15, 0.2) is 0 Å². The van der Waals surface area contributed by atoms with E-state index in [0.717, 1.165) is 29.7 Å². The molecule has 152 valence electrons. The summed E-state index contributed by atoms with van der Waals surface area (Å²) in [5.41, 5.74) is 4.96. The molecule has 2 aliphatic rings. The second-order valence-electron chi connectivity index (χ2n) is 8.58. The molecule has 1 aliphatic heterocycles. The van der Waals surface area contributed by atoms with Crippen molar-refractivity contribution in [3.8, 4) is 5.69 Å². The predicted molar refractivity (Wildman–Crippen MR) is 116 cm³/mol. The van der Waals surface area contributed by atoms with Crippen LogP contribution < -0.4 is 0 Å². The minimum absolute atomic E-state index is 0.234. The van der Waals surface area contributed by atoms with E-state index in [4.69, 9.17) is 0 Å². The number of hydrogen-bond donors (Lipinski definition) is 0. The van der Waals surface area contributed by atoms with E-state index in [1.54, 1.807) is 12.1 Å². The molecule has 4 aromatic rings. The van der Waals surface area contributed by atoms with Gasteiger partial charge in [-0.3, -0.25) is 4.68 Å². The third-order valence-electron chi connectivity index (χ3n) is 6.55. The van der Waals surface area contributed by atoms with Crippen LogP contribution in [0.5, 0.6) is 0 Å². The Labute approximate surface area is 178 Å². The van der Waals surface area contributed by atoms with Gasteiger partial charge >= 0.3 is 0 Å². The summed E-state index contributed by atoms with van der Waals surface area (Å²) in [7, 11) is 1.96. The van der Waals surface area contributed by atoms with Crippen LogP contribution in [0.2, 0.25) is 0 Å². The largest absolute Gasteiger partial charge is 0.275 e. The third kappa shape index (κ3) is 2.80. The maximum atomic E-state index is 13.3. The molecule has 2 unspecified atom stereocenters. The molecule has 0 spiro atoms. The number of fused-ring (bicyclic) bond motifs is 2. The van der Waals surface area contributed by atoms with Crippen LogP contribution in [-0.2, 0) is 12.5 Å². The highest BCUT2D eigenvalue weighted by atomic mass is 32.2. The number of halogens is 1. The first-order valence-electron chi connectivity index (χ1n) is 10.2. The molecule has 7 heteroatoms. The lowest BCUT2D eigenvalue weighted by atomic mass is 9.90. The highest BCUT2D eigenvalue weighted by Gasteiger charge is 2.61. The first-order valence-corrected chi connectivity index (χ1v) is 11.0. The molecular weight excluding hydrogens is 397 g/mol. The van der Waals surface area contributed by atoms with Gasteiger partial charge in [-0.05, 0) is 78.7 Å². The molecule has 2 aromatic heterocycles. The Bertz CT molecular complexity index is 1260. The van der Waals surface area contributed by atoms with Crippen molar-refractivity contribution in [1.29, 1.82) is 0 Å². The lowest BCUT2D eigenvalue weighted by molar-refractivity contribution is 0.499. The zero-order valence-corrected chi connectivity index (χ0v) is 17.7. The molecule has 3 heterocycles. The number of hydrogen-bond acceptors (Lipinski definition) is 4.